The predicted molar refractivity (Wildman–Crippen MR) is 207 cm³/mol. The van der Waals surface area contributed by atoms with Crippen molar-refractivity contribution < 1.29 is 33.4 Å². The Balaban J connectivity index is 4.36. The standard InChI is InChI=1S/C43H83NO6/c1-5-7-9-11-13-15-17-19-21-23-25-27-31-35-42(47)49-39-40(38-44(3,4)37-33-29-30-34-41(45)46)50-43(48)36-32-28-26-24-22-20-18-16-14-12-10-8-6-2/h40H,5-39H2,1-4H3. The number of hydrogen-bond donors (Lipinski definition) is 0. The van der Waals surface area contributed by atoms with Crippen molar-refractivity contribution in [3.8, 4) is 0 Å². The van der Waals surface area contributed by atoms with E-state index in [0.29, 0.717) is 30.3 Å². The highest BCUT2D eigenvalue weighted by molar-refractivity contribution is 5.70. The van der Waals surface area contributed by atoms with E-state index in [2.05, 4.69) is 27.9 Å². The molecule has 50 heavy (non-hydrogen) atoms. The maximum atomic E-state index is 12.8. The number of likely N-dealkylation sites (N-methyl/N-ethyl adjacent to an activating group) is 1. The van der Waals surface area contributed by atoms with Gasteiger partial charge in [0, 0.05) is 18.8 Å². The van der Waals surface area contributed by atoms with Gasteiger partial charge in [0.2, 0.25) is 0 Å². The van der Waals surface area contributed by atoms with E-state index in [1.54, 1.807) is 0 Å². The molecule has 0 aromatic rings. The number of nitrogens with zero attached hydrogens (tertiary/aromatic N) is 1. The zero-order valence-electron chi connectivity index (χ0n) is 33.7. The number of hydrogen-bond acceptors (Lipinski definition) is 6. The molecule has 7 nitrogen and oxygen atoms in total. The van der Waals surface area contributed by atoms with Crippen molar-refractivity contribution in [2.75, 3.05) is 33.8 Å². The zero-order valence-corrected chi connectivity index (χ0v) is 33.7. The second kappa shape index (κ2) is 35.8. The molecule has 0 amide bonds. The van der Waals surface area contributed by atoms with E-state index >= 15 is 0 Å². The molecule has 0 spiro atoms. The minimum absolute atomic E-state index is 0.0854. The van der Waals surface area contributed by atoms with Gasteiger partial charge in [0.1, 0.15) is 13.2 Å². The highest BCUT2D eigenvalue weighted by Crippen LogP contribution is 2.16. The zero-order chi connectivity index (χ0) is 37.0. The lowest BCUT2D eigenvalue weighted by Crippen LogP contribution is -2.48. The molecule has 0 radical (unpaired) electrons. The Hall–Kier alpha value is -1.63. The molecule has 296 valence electrons. The van der Waals surface area contributed by atoms with Gasteiger partial charge in [0.15, 0.2) is 6.10 Å². The molecular weight excluding hydrogens is 626 g/mol. The first-order valence-corrected chi connectivity index (χ1v) is 21.6. The Bertz CT molecular complexity index is 785. The normalized spacial score (nSPS) is 12.2. The molecule has 0 aliphatic heterocycles. The van der Waals surface area contributed by atoms with Gasteiger partial charge in [0.05, 0.1) is 20.6 Å². The van der Waals surface area contributed by atoms with Crippen LogP contribution >= 0.6 is 0 Å². The second-order valence-electron chi connectivity index (χ2n) is 15.8. The van der Waals surface area contributed by atoms with Gasteiger partial charge < -0.3 is 23.9 Å². The number of carbonyl (C=O) groups is 3. The van der Waals surface area contributed by atoms with Crippen LogP contribution in [0, 0.1) is 0 Å². The molecule has 0 heterocycles. The third-order valence-corrected chi connectivity index (χ3v) is 10.0. The quantitative estimate of drug-likeness (QED) is 0.0358. The summed E-state index contributed by atoms with van der Waals surface area (Å²) in [5.74, 6) is -1.42. The maximum Gasteiger partial charge on any atom is 0.306 e. The van der Waals surface area contributed by atoms with Crippen LogP contribution in [-0.4, -0.2) is 62.3 Å². The minimum Gasteiger partial charge on any atom is -0.550 e. The van der Waals surface area contributed by atoms with Crippen LogP contribution in [-0.2, 0) is 23.9 Å². The van der Waals surface area contributed by atoms with E-state index in [1.807, 2.05) is 0 Å². The molecule has 0 rings (SSSR count). The third-order valence-electron chi connectivity index (χ3n) is 10.0. The first-order valence-electron chi connectivity index (χ1n) is 21.6. The molecule has 7 heteroatoms. The molecule has 0 aliphatic carbocycles. The molecule has 1 atom stereocenters. The summed E-state index contributed by atoms with van der Waals surface area (Å²) in [4.78, 5) is 36.1. The maximum absolute atomic E-state index is 12.8. The lowest BCUT2D eigenvalue weighted by molar-refractivity contribution is -0.893. The number of carbonyl (C=O) groups excluding carboxylic acids is 3. The van der Waals surface area contributed by atoms with Gasteiger partial charge in [-0.15, -0.1) is 0 Å². The van der Waals surface area contributed by atoms with E-state index in [1.165, 1.54) is 128 Å². The van der Waals surface area contributed by atoms with Crippen molar-refractivity contribution >= 4 is 17.9 Å². The van der Waals surface area contributed by atoms with Crippen LogP contribution in [0.15, 0.2) is 0 Å². The van der Waals surface area contributed by atoms with E-state index in [4.69, 9.17) is 9.47 Å². The highest BCUT2D eigenvalue weighted by Gasteiger charge is 2.26. The number of quaternary nitrogens is 1. The molecule has 0 N–H and O–H groups in total. The lowest BCUT2D eigenvalue weighted by atomic mass is 10.0. The summed E-state index contributed by atoms with van der Waals surface area (Å²) in [5, 5.41) is 10.7. The third kappa shape index (κ3) is 36.2. The van der Waals surface area contributed by atoms with Gasteiger partial charge in [-0.3, -0.25) is 9.59 Å². The average Bonchev–Trinajstić information content (AvgIpc) is 3.07. The fourth-order valence-electron chi connectivity index (χ4n) is 6.83. The molecule has 0 fully saturated rings. The van der Waals surface area contributed by atoms with Crippen molar-refractivity contribution in [3.63, 3.8) is 0 Å². The molecule has 0 aromatic carbocycles. The van der Waals surface area contributed by atoms with Crippen molar-refractivity contribution in [1.82, 2.24) is 0 Å². The molecule has 0 bridgehead atoms. The molecule has 1 unspecified atom stereocenters. The van der Waals surface area contributed by atoms with Crippen LogP contribution in [0.5, 0.6) is 0 Å². The van der Waals surface area contributed by atoms with Crippen LogP contribution in [0.1, 0.15) is 219 Å². The lowest BCUT2D eigenvalue weighted by Gasteiger charge is -2.33. The summed E-state index contributed by atoms with van der Waals surface area (Å²) in [6.45, 7) is 6.00. The van der Waals surface area contributed by atoms with Crippen LogP contribution < -0.4 is 5.11 Å². The monoisotopic (exact) mass is 710 g/mol. The smallest absolute Gasteiger partial charge is 0.306 e. The summed E-state index contributed by atoms with van der Waals surface area (Å²) < 4.78 is 12.2. The fourth-order valence-corrected chi connectivity index (χ4v) is 6.83. The van der Waals surface area contributed by atoms with E-state index in [0.717, 1.165) is 57.9 Å². The van der Waals surface area contributed by atoms with Gasteiger partial charge in [0.25, 0.3) is 0 Å². The van der Waals surface area contributed by atoms with Gasteiger partial charge in [-0.1, -0.05) is 168 Å². The number of carboxylic acid groups (broad SMARTS) is 1. The van der Waals surface area contributed by atoms with Crippen molar-refractivity contribution in [2.45, 2.75) is 225 Å². The van der Waals surface area contributed by atoms with Crippen molar-refractivity contribution in [3.05, 3.63) is 0 Å². The number of aliphatic carboxylic acids is 1. The van der Waals surface area contributed by atoms with Crippen LogP contribution in [0.25, 0.3) is 0 Å². The Morgan fingerprint density at radius 2 is 0.820 bits per heavy atom. The SMILES string of the molecule is CCCCCCCCCCCCCCCC(=O)OCC(C[N+](C)(C)CCCCCC(=O)[O-])OC(=O)CCCCCCCCCCCCCCC. The first-order chi connectivity index (χ1) is 24.2. The summed E-state index contributed by atoms with van der Waals surface area (Å²) >= 11 is 0. The molecule has 0 saturated heterocycles. The average molecular weight is 710 g/mol. The van der Waals surface area contributed by atoms with Gasteiger partial charge in [-0.05, 0) is 38.5 Å². The topological polar surface area (TPSA) is 92.7 Å². The van der Waals surface area contributed by atoms with Crippen LogP contribution in [0.2, 0.25) is 0 Å². The molecule has 0 saturated carbocycles. The fraction of sp³-hybridized carbons (Fsp3) is 0.930. The molecule has 0 aromatic heterocycles. The predicted octanol–water partition coefficient (Wildman–Crippen LogP) is 10.8. The number of carboxylic acids is 1. The largest absolute Gasteiger partial charge is 0.550 e. The Morgan fingerprint density at radius 3 is 1.22 bits per heavy atom. The number of unbranched alkanes of at least 4 members (excludes halogenated alkanes) is 26. The molecular formula is C43H83NO6. The van der Waals surface area contributed by atoms with E-state index in [-0.39, 0.29) is 25.0 Å². The van der Waals surface area contributed by atoms with Gasteiger partial charge >= 0.3 is 11.9 Å². The molecule has 0 aliphatic rings. The van der Waals surface area contributed by atoms with Crippen molar-refractivity contribution in [2.24, 2.45) is 0 Å². The van der Waals surface area contributed by atoms with Crippen LogP contribution in [0.4, 0.5) is 0 Å². The van der Waals surface area contributed by atoms with E-state index < -0.39 is 12.1 Å². The number of rotatable bonds is 39. The summed E-state index contributed by atoms with van der Waals surface area (Å²) in [6.07, 6.45) is 35.6. The van der Waals surface area contributed by atoms with Crippen LogP contribution in [0.3, 0.4) is 0 Å². The van der Waals surface area contributed by atoms with Gasteiger partial charge in [-0.2, -0.15) is 0 Å². The summed E-state index contributed by atoms with van der Waals surface area (Å²) in [5.41, 5.74) is 0. The number of esters is 2. The van der Waals surface area contributed by atoms with Crippen molar-refractivity contribution in [1.29, 1.82) is 0 Å². The number of ether oxygens (including phenoxy) is 2. The van der Waals surface area contributed by atoms with E-state index in [9.17, 15) is 19.5 Å². The first kappa shape index (κ1) is 48.4. The Kier molecular flexibility index (Phi) is 34.6. The van der Waals surface area contributed by atoms with Gasteiger partial charge in [-0.25, -0.2) is 0 Å². The minimum atomic E-state index is -1.00. The summed E-state index contributed by atoms with van der Waals surface area (Å²) in [6, 6.07) is 0. The summed E-state index contributed by atoms with van der Waals surface area (Å²) in [7, 11) is 4.17. The Morgan fingerprint density at radius 1 is 0.480 bits per heavy atom. The Labute approximate surface area is 310 Å². The second-order valence-corrected chi connectivity index (χ2v) is 15.8. The highest BCUT2D eigenvalue weighted by atomic mass is 16.6.